The quantitative estimate of drug-likeness (QED) is 0.328. The lowest BCUT2D eigenvalue weighted by molar-refractivity contribution is 0.0824. The van der Waals surface area contributed by atoms with Crippen molar-refractivity contribution in [2.45, 2.75) is 57.4 Å². The molecule has 1 heterocycles. The van der Waals surface area contributed by atoms with E-state index >= 15 is 0 Å². The lowest BCUT2D eigenvalue weighted by atomic mass is 9.85. The van der Waals surface area contributed by atoms with Crippen LogP contribution >= 0.6 is 0 Å². The molecule has 0 radical (unpaired) electrons. The summed E-state index contributed by atoms with van der Waals surface area (Å²) in [6, 6.07) is 6.41. The molecular formula is C26H31N3O5. The van der Waals surface area contributed by atoms with Crippen molar-refractivity contribution in [2.75, 3.05) is 24.7 Å². The van der Waals surface area contributed by atoms with Gasteiger partial charge in [0, 0.05) is 14.1 Å². The van der Waals surface area contributed by atoms with E-state index in [9.17, 15) is 19.5 Å². The van der Waals surface area contributed by atoms with Gasteiger partial charge in [0.05, 0.1) is 23.6 Å². The van der Waals surface area contributed by atoms with Crippen molar-refractivity contribution < 1.29 is 14.3 Å². The summed E-state index contributed by atoms with van der Waals surface area (Å²) in [5.74, 6) is 0.577. The fraction of sp³-hybridized carbons (Fsp3) is 0.423. The van der Waals surface area contributed by atoms with Crippen molar-refractivity contribution >= 4 is 23.0 Å². The van der Waals surface area contributed by atoms with Gasteiger partial charge >= 0.3 is 0 Å². The number of phenolic OH excluding ortho intramolecular Hbond substituents is 1. The summed E-state index contributed by atoms with van der Waals surface area (Å²) in [5, 5.41) is 16.6. The number of carbonyl (C=O) groups excluding carboxylic acids is 1. The second kappa shape index (κ2) is 9.75. The van der Waals surface area contributed by atoms with Gasteiger partial charge < -0.3 is 25.1 Å². The molecule has 4 rings (SSSR count). The Kier molecular flexibility index (Phi) is 6.77. The van der Waals surface area contributed by atoms with Gasteiger partial charge in [0.25, 0.3) is 16.8 Å². The van der Waals surface area contributed by atoms with E-state index in [1.807, 2.05) is 13.2 Å². The molecule has 2 aromatic carbocycles. The van der Waals surface area contributed by atoms with Gasteiger partial charge in [0.1, 0.15) is 17.1 Å². The summed E-state index contributed by atoms with van der Waals surface area (Å²) in [4.78, 5) is 38.4. The average Bonchev–Trinajstić information content (AvgIpc) is 3.34. The number of para-hydroxylation sites is 1. The molecule has 1 atom stereocenters. The maximum Gasteiger partial charge on any atom is 0.257 e. The minimum atomic E-state index is -0.677. The lowest BCUT2D eigenvalue weighted by Crippen LogP contribution is -2.37. The van der Waals surface area contributed by atoms with E-state index in [-0.39, 0.29) is 40.3 Å². The fourth-order valence-corrected chi connectivity index (χ4v) is 4.59. The fourth-order valence-electron chi connectivity index (χ4n) is 4.59. The van der Waals surface area contributed by atoms with E-state index in [0.29, 0.717) is 12.3 Å². The molecule has 1 aliphatic carbocycles. The lowest BCUT2D eigenvalue weighted by Gasteiger charge is -2.21. The Hall–Kier alpha value is -3.55. The molecule has 3 N–H and O–H groups in total. The van der Waals surface area contributed by atoms with E-state index in [1.54, 1.807) is 26.2 Å². The maximum atomic E-state index is 12.4. The number of nitrogens with zero attached hydrogens (tertiary/aromatic N) is 1. The Labute approximate surface area is 198 Å². The van der Waals surface area contributed by atoms with E-state index in [1.165, 1.54) is 35.8 Å². The molecule has 0 spiro atoms. The second-order valence-corrected chi connectivity index (χ2v) is 9.16. The van der Waals surface area contributed by atoms with E-state index in [2.05, 4.69) is 16.7 Å². The highest BCUT2D eigenvalue weighted by atomic mass is 16.3. The molecule has 1 fully saturated rings. The third-order valence-corrected chi connectivity index (χ3v) is 6.63. The van der Waals surface area contributed by atoms with E-state index < -0.39 is 10.9 Å². The van der Waals surface area contributed by atoms with Crippen LogP contribution in [-0.2, 0) is 0 Å². The standard InChI is InChI=1S/C26H31N3O5/c1-4-18(20-13-16(14-34-20)15-9-6-5-7-10-15)27-21-22(25(32)24(21)31)28-19-12-8-11-17(23(19)30)26(33)29(2)3/h8,11-15,18,27-28,30H,4-7,9-10H2,1-3H3/t18-/m1/s1. The Morgan fingerprint density at radius 2 is 1.85 bits per heavy atom. The molecule has 0 bridgehead atoms. The largest absolute Gasteiger partial charge is 0.505 e. The van der Waals surface area contributed by atoms with Gasteiger partial charge in [-0.25, -0.2) is 0 Å². The third-order valence-electron chi connectivity index (χ3n) is 6.63. The zero-order valence-corrected chi connectivity index (χ0v) is 19.8. The van der Waals surface area contributed by atoms with Crippen molar-refractivity contribution in [3.63, 3.8) is 0 Å². The Bertz CT molecular complexity index is 1250. The van der Waals surface area contributed by atoms with Crippen molar-refractivity contribution in [2.24, 2.45) is 0 Å². The molecule has 8 nitrogen and oxygen atoms in total. The van der Waals surface area contributed by atoms with Crippen LogP contribution in [0.15, 0.2) is 44.5 Å². The number of nitrogens with one attached hydrogen (secondary N) is 2. The smallest absolute Gasteiger partial charge is 0.257 e. The zero-order chi connectivity index (χ0) is 24.4. The van der Waals surface area contributed by atoms with Gasteiger partial charge in [-0.15, -0.1) is 0 Å². The number of hydrogen-bond acceptors (Lipinski definition) is 7. The molecular weight excluding hydrogens is 434 g/mol. The molecule has 1 saturated carbocycles. The van der Waals surface area contributed by atoms with Crippen LogP contribution in [-0.4, -0.2) is 30.0 Å². The molecule has 0 saturated heterocycles. The maximum absolute atomic E-state index is 12.4. The van der Waals surface area contributed by atoms with Gasteiger partial charge in [0.15, 0.2) is 5.75 Å². The molecule has 8 heteroatoms. The molecule has 0 unspecified atom stereocenters. The number of aromatic hydroxyl groups is 1. The normalized spacial score (nSPS) is 15.3. The Morgan fingerprint density at radius 3 is 2.53 bits per heavy atom. The number of rotatable bonds is 8. The molecule has 1 aliphatic rings. The number of carbonyl (C=O) groups is 1. The summed E-state index contributed by atoms with van der Waals surface area (Å²) < 4.78 is 5.86. The van der Waals surface area contributed by atoms with Crippen LogP contribution in [0.2, 0.25) is 0 Å². The molecule has 0 aliphatic heterocycles. The predicted octanol–water partition coefficient (Wildman–Crippen LogP) is 4.64. The van der Waals surface area contributed by atoms with Crippen LogP contribution < -0.4 is 21.5 Å². The van der Waals surface area contributed by atoms with Gasteiger partial charge in [-0.1, -0.05) is 32.3 Å². The summed E-state index contributed by atoms with van der Waals surface area (Å²) >= 11 is 0. The molecule has 180 valence electrons. The predicted molar refractivity (Wildman–Crippen MR) is 132 cm³/mol. The highest BCUT2D eigenvalue weighted by Gasteiger charge is 2.27. The van der Waals surface area contributed by atoms with Crippen LogP contribution in [0.5, 0.6) is 5.75 Å². The summed E-state index contributed by atoms with van der Waals surface area (Å²) in [5.41, 5.74) is 0.367. The first kappa shape index (κ1) is 23.6. The zero-order valence-electron chi connectivity index (χ0n) is 19.8. The van der Waals surface area contributed by atoms with Crippen LogP contribution in [0.3, 0.4) is 0 Å². The van der Waals surface area contributed by atoms with Gasteiger partial charge in [-0.05, 0) is 48.9 Å². The monoisotopic (exact) mass is 465 g/mol. The van der Waals surface area contributed by atoms with Crippen LogP contribution in [0.1, 0.15) is 79.1 Å². The van der Waals surface area contributed by atoms with Crippen LogP contribution in [0.4, 0.5) is 17.1 Å². The Morgan fingerprint density at radius 1 is 1.15 bits per heavy atom. The Balaban J connectivity index is 1.55. The van der Waals surface area contributed by atoms with Crippen molar-refractivity contribution in [1.82, 2.24) is 4.90 Å². The summed E-state index contributed by atoms with van der Waals surface area (Å²) in [6.07, 6.45) is 8.52. The van der Waals surface area contributed by atoms with Crippen LogP contribution in [0, 0.1) is 0 Å². The first-order valence-corrected chi connectivity index (χ1v) is 11.8. The molecule has 1 amide bonds. The highest BCUT2D eigenvalue weighted by Crippen LogP contribution is 2.36. The number of benzene rings is 1. The van der Waals surface area contributed by atoms with Crippen molar-refractivity contribution in [3.8, 4) is 5.75 Å². The average molecular weight is 466 g/mol. The van der Waals surface area contributed by atoms with Gasteiger partial charge in [-0.2, -0.15) is 0 Å². The van der Waals surface area contributed by atoms with Gasteiger partial charge in [0.2, 0.25) is 0 Å². The SMILES string of the molecule is CC[C@@H](Nc1c(Nc2cccc(C(=O)N(C)C)c2O)c(=O)c1=O)c1cc(C2CCCCC2)co1. The van der Waals surface area contributed by atoms with E-state index in [4.69, 9.17) is 4.42 Å². The molecule has 34 heavy (non-hydrogen) atoms. The van der Waals surface area contributed by atoms with Crippen molar-refractivity contribution in [3.05, 3.63) is 67.9 Å². The second-order valence-electron chi connectivity index (χ2n) is 9.16. The molecule has 3 aromatic rings. The number of anilines is 3. The topological polar surface area (TPSA) is 112 Å². The summed E-state index contributed by atoms with van der Waals surface area (Å²) in [7, 11) is 3.17. The highest BCUT2D eigenvalue weighted by molar-refractivity contribution is 5.99. The first-order valence-electron chi connectivity index (χ1n) is 11.8. The minimum absolute atomic E-state index is 0.0623. The van der Waals surface area contributed by atoms with Crippen molar-refractivity contribution in [1.29, 1.82) is 0 Å². The first-order chi connectivity index (χ1) is 16.3. The van der Waals surface area contributed by atoms with Crippen LogP contribution in [0.25, 0.3) is 0 Å². The minimum Gasteiger partial charge on any atom is -0.505 e. The van der Waals surface area contributed by atoms with E-state index in [0.717, 1.165) is 18.6 Å². The third kappa shape index (κ3) is 4.44. The molecule has 1 aromatic heterocycles. The number of amides is 1. The summed E-state index contributed by atoms with van der Waals surface area (Å²) in [6.45, 7) is 1.97. The number of hydrogen-bond donors (Lipinski definition) is 3. The number of phenols is 1. The van der Waals surface area contributed by atoms with Gasteiger partial charge in [-0.3, -0.25) is 14.4 Å². The number of furan rings is 1.